The van der Waals surface area contributed by atoms with Crippen molar-refractivity contribution in [3.05, 3.63) is 76.8 Å². The lowest BCUT2D eigenvalue weighted by molar-refractivity contribution is 0.0520. The van der Waals surface area contributed by atoms with Crippen LogP contribution in [0.15, 0.2) is 59.3 Å². The molecule has 0 aliphatic carbocycles. The highest BCUT2D eigenvalue weighted by atomic mass is 35.5. The molecule has 1 N–H and O–H groups in total. The van der Waals surface area contributed by atoms with Crippen molar-refractivity contribution in [3.63, 3.8) is 0 Å². The molecule has 0 spiro atoms. The van der Waals surface area contributed by atoms with Crippen LogP contribution in [0.5, 0.6) is 0 Å². The van der Waals surface area contributed by atoms with Crippen LogP contribution in [0.4, 0.5) is 0 Å². The molecule has 0 fully saturated rings. The Morgan fingerprint density at radius 1 is 1.19 bits per heavy atom. The number of aromatic nitrogens is 1. The van der Waals surface area contributed by atoms with E-state index in [1.807, 2.05) is 12.1 Å². The molecular formula is C20H17ClN2O4. The molecule has 0 aliphatic rings. The van der Waals surface area contributed by atoms with Crippen LogP contribution < -0.4 is 5.32 Å². The summed E-state index contributed by atoms with van der Waals surface area (Å²) >= 11 is 5.97. The maximum Gasteiger partial charge on any atom is 0.360 e. The van der Waals surface area contributed by atoms with Gasteiger partial charge in [0.25, 0.3) is 5.91 Å². The van der Waals surface area contributed by atoms with Gasteiger partial charge in [0.15, 0.2) is 17.8 Å². The predicted molar refractivity (Wildman–Crippen MR) is 101 cm³/mol. The van der Waals surface area contributed by atoms with E-state index < -0.39 is 5.97 Å². The standard InChI is InChI=1S/C20H17ClN2O4/c1-2-26-20(25)17-18(27-12-23-17)15-8-3-4-9-16(15)19(24)22-11-13-6-5-7-14(21)10-13/h3-10,12H,2,11H2,1H3,(H,22,24). The van der Waals surface area contributed by atoms with E-state index >= 15 is 0 Å². The first kappa shape index (κ1) is 18.7. The van der Waals surface area contributed by atoms with Gasteiger partial charge >= 0.3 is 5.97 Å². The molecule has 7 heteroatoms. The molecular weight excluding hydrogens is 368 g/mol. The van der Waals surface area contributed by atoms with E-state index in [4.69, 9.17) is 20.8 Å². The number of rotatable bonds is 6. The molecule has 0 saturated carbocycles. The van der Waals surface area contributed by atoms with E-state index in [0.717, 1.165) is 12.0 Å². The number of nitrogens with one attached hydrogen (secondary N) is 1. The monoisotopic (exact) mass is 384 g/mol. The van der Waals surface area contributed by atoms with Gasteiger partial charge in [-0.1, -0.05) is 41.9 Å². The third-order valence-electron chi connectivity index (χ3n) is 3.79. The lowest BCUT2D eigenvalue weighted by Gasteiger charge is -2.10. The Kier molecular flexibility index (Phi) is 5.88. The second kappa shape index (κ2) is 8.51. The van der Waals surface area contributed by atoms with Crippen LogP contribution in [0.3, 0.4) is 0 Å². The van der Waals surface area contributed by atoms with Gasteiger partial charge in [0.2, 0.25) is 0 Å². The highest BCUT2D eigenvalue weighted by Gasteiger charge is 2.23. The Morgan fingerprint density at radius 3 is 2.78 bits per heavy atom. The Labute approximate surface area is 161 Å². The molecule has 0 saturated heterocycles. The first-order valence-electron chi connectivity index (χ1n) is 8.32. The van der Waals surface area contributed by atoms with Gasteiger partial charge in [-0.25, -0.2) is 9.78 Å². The van der Waals surface area contributed by atoms with Gasteiger partial charge in [-0.05, 0) is 30.7 Å². The largest absolute Gasteiger partial charge is 0.461 e. The van der Waals surface area contributed by atoms with Crippen molar-refractivity contribution in [1.82, 2.24) is 10.3 Å². The van der Waals surface area contributed by atoms with Crippen molar-refractivity contribution >= 4 is 23.5 Å². The summed E-state index contributed by atoms with van der Waals surface area (Å²) in [5, 5.41) is 3.44. The molecule has 3 aromatic rings. The Bertz CT molecular complexity index is 968. The van der Waals surface area contributed by atoms with Crippen LogP contribution in [-0.2, 0) is 11.3 Å². The summed E-state index contributed by atoms with van der Waals surface area (Å²) in [6, 6.07) is 14.1. The molecule has 0 radical (unpaired) electrons. The minimum atomic E-state index is -0.601. The van der Waals surface area contributed by atoms with Crippen molar-refractivity contribution in [1.29, 1.82) is 0 Å². The highest BCUT2D eigenvalue weighted by molar-refractivity contribution is 6.30. The average Bonchev–Trinajstić information content (AvgIpc) is 3.16. The molecule has 0 aliphatic heterocycles. The fourth-order valence-electron chi connectivity index (χ4n) is 2.59. The fourth-order valence-corrected chi connectivity index (χ4v) is 2.80. The van der Waals surface area contributed by atoms with E-state index in [9.17, 15) is 9.59 Å². The van der Waals surface area contributed by atoms with Gasteiger partial charge in [-0.2, -0.15) is 0 Å². The van der Waals surface area contributed by atoms with E-state index in [0.29, 0.717) is 22.7 Å². The summed E-state index contributed by atoms with van der Waals surface area (Å²) in [6.45, 7) is 2.23. The average molecular weight is 385 g/mol. The van der Waals surface area contributed by atoms with Crippen molar-refractivity contribution in [2.45, 2.75) is 13.5 Å². The number of amides is 1. The lowest BCUT2D eigenvalue weighted by atomic mass is 10.0. The number of carbonyl (C=O) groups is 2. The van der Waals surface area contributed by atoms with Crippen LogP contribution in [0.25, 0.3) is 11.3 Å². The second-order valence-electron chi connectivity index (χ2n) is 5.61. The van der Waals surface area contributed by atoms with Crippen LogP contribution >= 0.6 is 11.6 Å². The zero-order valence-electron chi connectivity index (χ0n) is 14.6. The number of ether oxygens (including phenoxy) is 1. The maximum atomic E-state index is 12.7. The minimum Gasteiger partial charge on any atom is -0.461 e. The molecule has 0 bridgehead atoms. The maximum absolute atomic E-state index is 12.7. The summed E-state index contributed by atoms with van der Waals surface area (Å²) in [5.74, 6) is -0.714. The van der Waals surface area contributed by atoms with Crippen molar-refractivity contribution in [2.75, 3.05) is 6.61 Å². The molecule has 3 rings (SSSR count). The van der Waals surface area contributed by atoms with Gasteiger partial charge in [0, 0.05) is 17.1 Å². The van der Waals surface area contributed by atoms with Crippen LogP contribution in [0.1, 0.15) is 33.3 Å². The third kappa shape index (κ3) is 4.35. The molecule has 2 aromatic carbocycles. The predicted octanol–water partition coefficient (Wildman–Crippen LogP) is 4.10. The Balaban J connectivity index is 1.85. The Hall–Kier alpha value is -3.12. The number of hydrogen-bond acceptors (Lipinski definition) is 5. The molecule has 0 unspecified atom stereocenters. The number of benzene rings is 2. The molecule has 27 heavy (non-hydrogen) atoms. The van der Waals surface area contributed by atoms with E-state index in [2.05, 4.69) is 10.3 Å². The first-order valence-corrected chi connectivity index (χ1v) is 8.70. The normalized spacial score (nSPS) is 10.4. The van der Waals surface area contributed by atoms with Gasteiger partial charge in [-0.3, -0.25) is 4.79 Å². The van der Waals surface area contributed by atoms with E-state index in [-0.39, 0.29) is 24.0 Å². The van der Waals surface area contributed by atoms with Crippen molar-refractivity contribution < 1.29 is 18.7 Å². The van der Waals surface area contributed by atoms with Crippen LogP contribution in [0, 0.1) is 0 Å². The minimum absolute atomic E-state index is 0.0342. The van der Waals surface area contributed by atoms with Gasteiger partial charge in [0.1, 0.15) is 0 Å². The van der Waals surface area contributed by atoms with Crippen molar-refractivity contribution in [2.24, 2.45) is 0 Å². The summed E-state index contributed by atoms with van der Waals surface area (Å²) < 4.78 is 10.4. The second-order valence-corrected chi connectivity index (χ2v) is 6.05. The molecule has 1 aromatic heterocycles. The van der Waals surface area contributed by atoms with Gasteiger partial charge in [0.05, 0.1) is 12.2 Å². The molecule has 1 heterocycles. The number of hydrogen-bond donors (Lipinski definition) is 1. The van der Waals surface area contributed by atoms with E-state index in [1.165, 1.54) is 0 Å². The summed E-state index contributed by atoms with van der Waals surface area (Å²) in [7, 11) is 0. The lowest BCUT2D eigenvalue weighted by Crippen LogP contribution is -2.23. The molecule has 138 valence electrons. The fraction of sp³-hybridized carbons (Fsp3) is 0.150. The molecule has 0 atom stereocenters. The topological polar surface area (TPSA) is 81.4 Å². The third-order valence-corrected chi connectivity index (χ3v) is 4.03. The zero-order chi connectivity index (χ0) is 19.2. The summed E-state index contributed by atoms with van der Waals surface area (Å²) in [4.78, 5) is 28.7. The number of halogens is 1. The number of oxazole rings is 1. The van der Waals surface area contributed by atoms with Gasteiger partial charge in [-0.15, -0.1) is 0 Å². The molecule has 1 amide bonds. The molecule has 6 nitrogen and oxygen atoms in total. The quantitative estimate of drug-likeness (QED) is 0.647. The summed E-state index contributed by atoms with van der Waals surface area (Å²) in [6.07, 6.45) is 1.15. The van der Waals surface area contributed by atoms with Crippen LogP contribution in [0.2, 0.25) is 5.02 Å². The number of nitrogens with zero attached hydrogens (tertiary/aromatic N) is 1. The summed E-state index contributed by atoms with van der Waals surface area (Å²) in [5.41, 5.74) is 1.73. The first-order chi connectivity index (χ1) is 13.1. The van der Waals surface area contributed by atoms with Crippen molar-refractivity contribution in [3.8, 4) is 11.3 Å². The smallest absolute Gasteiger partial charge is 0.360 e. The zero-order valence-corrected chi connectivity index (χ0v) is 15.3. The van der Waals surface area contributed by atoms with Crippen LogP contribution in [-0.4, -0.2) is 23.5 Å². The highest BCUT2D eigenvalue weighted by Crippen LogP contribution is 2.27. The Morgan fingerprint density at radius 2 is 2.00 bits per heavy atom. The SMILES string of the molecule is CCOC(=O)c1ncoc1-c1ccccc1C(=O)NCc1cccc(Cl)c1. The van der Waals surface area contributed by atoms with Gasteiger partial charge < -0.3 is 14.5 Å². The number of carbonyl (C=O) groups excluding carboxylic acids is 2. The number of esters is 1. The van der Waals surface area contributed by atoms with E-state index in [1.54, 1.807) is 43.3 Å².